The minimum atomic E-state index is -0.196. The maximum Gasteiger partial charge on any atom is 0.123 e. The highest BCUT2D eigenvalue weighted by Gasteiger charge is 2.05. The highest BCUT2D eigenvalue weighted by Crippen LogP contribution is 2.18. The van der Waals surface area contributed by atoms with Gasteiger partial charge in [0.25, 0.3) is 0 Å². The third-order valence-electron chi connectivity index (χ3n) is 2.87. The van der Waals surface area contributed by atoms with Gasteiger partial charge in [-0.25, -0.2) is 4.39 Å². The molecule has 0 aliphatic rings. The molecule has 1 N–H and O–H groups in total. The summed E-state index contributed by atoms with van der Waals surface area (Å²) in [4.78, 5) is 0. The third kappa shape index (κ3) is 3.65. The van der Waals surface area contributed by atoms with Crippen molar-refractivity contribution in [2.45, 2.75) is 19.5 Å². The largest absolute Gasteiger partial charge is 0.306 e. The number of hydrogen-bond acceptors (Lipinski definition) is 1. The summed E-state index contributed by atoms with van der Waals surface area (Å²) >= 11 is 3.46. The molecule has 2 aromatic rings. The van der Waals surface area contributed by atoms with Crippen molar-refractivity contribution in [3.05, 3.63) is 69.9 Å². The molecule has 0 heterocycles. The Labute approximate surface area is 115 Å². The van der Waals surface area contributed by atoms with Crippen LogP contribution in [0.25, 0.3) is 0 Å². The molecule has 0 fully saturated rings. The first kappa shape index (κ1) is 13.2. The van der Waals surface area contributed by atoms with Crippen molar-refractivity contribution in [2.24, 2.45) is 0 Å². The zero-order chi connectivity index (χ0) is 13.0. The summed E-state index contributed by atoms with van der Waals surface area (Å²) in [5, 5.41) is 3.42. The van der Waals surface area contributed by atoms with Crippen LogP contribution in [-0.2, 0) is 6.54 Å². The molecule has 2 rings (SSSR count). The fourth-order valence-electron chi connectivity index (χ4n) is 1.77. The lowest BCUT2D eigenvalue weighted by molar-refractivity contribution is 0.572. The summed E-state index contributed by atoms with van der Waals surface area (Å²) in [6.07, 6.45) is 0. The molecule has 3 heteroatoms. The molecule has 0 radical (unpaired) electrons. The van der Waals surface area contributed by atoms with Crippen LogP contribution < -0.4 is 5.32 Å². The molecular formula is C15H15BrFN. The summed E-state index contributed by atoms with van der Waals surface area (Å²) < 4.78 is 13.8. The molecule has 1 nitrogen and oxygen atoms in total. The lowest BCUT2D eigenvalue weighted by Crippen LogP contribution is -2.18. The van der Waals surface area contributed by atoms with Gasteiger partial charge in [-0.1, -0.05) is 40.2 Å². The van der Waals surface area contributed by atoms with Gasteiger partial charge in [0.15, 0.2) is 0 Å². The Morgan fingerprint density at radius 1 is 1.17 bits per heavy atom. The average molecular weight is 308 g/mol. The zero-order valence-electron chi connectivity index (χ0n) is 10.2. The summed E-state index contributed by atoms with van der Waals surface area (Å²) in [5.41, 5.74) is 2.31. The van der Waals surface area contributed by atoms with E-state index in [0.29, 0.717) is 0 Å². The lowest BCUT2D eigenvalue weighted by Gasteiger charge is -2.14. The van der Waals surface area contributed by atoms with Gasteiger partial charge >= 0.3 is 0 Å². The highest BCUT2D eigenvalue weighted by atomic mass is 79.9. The van der Waals surface area contributed by atoms with E-state index in [4.69, 9.17) is 0 Å². The van der Waals surface area contributed by atoms with Crippen LogP contribution in [0.4, 0.5) is 4.39 Å². The molecule has 94 valence electrons. The van der Waals surface area contributed by atoms with Gasteiger partial charge in [-0.2, -0.15) is 0 Å². The molecule has 0 saturated heterocycles. The second-order valence-electron chi connectivity index (χ2n) is 4.28. The van der Waals surface area contributed by atoms with E-state index in [1.54, 1.807) is 12.1 Å². The molecule has 0 amide bonds. The Kier molecular flexibility index (Phi) is 4.50. The van der Waals surface area contributed by atoms with Crippen LogP contribution in [0.1, 0.15) is 24.1 Å². The van der Waals surface area contributed by atoms with Gasteiger partial charge < -0.3 is 5.32 Å². The Morgan fingerprint density at radius 3 is 2.56 bits per heavy atom. The minimum absolute atomic E-state index is 0.196. The van der Waals surface area contributed by atoms with E-state index in [0.717, 1.165) is 16.6 Å². The molecule has 0 unspecified atom stereocenters. The van der Waals surface area contributed by atoms with E-state index in [1.807, 2.05) is 12.1 Å². The number of nitrogens with one attached hydrogen (secondary N) is 1. The Morgan fingerprint density at radius 2 is 1.89 bits per heavy atom. The maximum absolute atomic E-state index is 12.8. The van der Waals surface area contributed by atoms with Crippen molar-refractivity contribution in [3.63, 3.8) is 0 Å². The first-order chi connectivity index (χ1) is 8.65. The van der Waals surface area contributed by atoms with Crippen molar-refractivity contribution < 1.29 is 4.39 Å². The van der Waals surface area contributed by atoms with E-state index >= 15 is 0 Å². The van der Waals surface area contributed by atoms with Gasteiger partial charge in [0.05, 0.1) is 0 Å². The second-order valence-corrected chi connectivity index (χ2v) is 5.20. The van der Waals surface area contributed by atoms with E-state index in [9.17, 15) is 4.39 Å². The molecule has 18 heavy (non-hydrogen) atoms. The van der Waals surface area contributed by atoms with Gasteiger partial charge in [0.2, 0.25) is 0 Å². The highest BCUT2D eigenvalue weighted by molar-refractivity contribution is 9.10. The van der Waals surface area contributed by atoms with Crippen molar-refractivity contribution in [3.8, 4) is 0 Å². The molecule has 1 atom stereocenters. The van der Waals surface area contributed by atoms with Gasteiger partial charge in [0, 0.05) is 17.1 Å². The van der Waals surface area contributed by atoms with Crippen LogP contribution >= 0.6 is 15.9 Å². The monoisotopic (exact) mass is 307 g/mol. The van der Waals surface area contributed by atoms with Gasteiger partial charge in [-0.15, -0.1) is 0 Å². The van der Waals surface area contributed by atoms with E-state index in [2.05, 4.69) is 40.3 Å². The van der Waals surface area contributed by atoms with Crippen LogP contribution in [0, 0.1) is 5.82 Å². The fraction of sp³-hybridized carbons (Fsp3) is 0.200. The van der Waals surface area contributed by atoms with Crippen LogP contribution in [0.5, 0.6) is 0 Å². The predicted octanol–water partition coefficient (Wildman–Crippen LogP) is 4.44. The molecule has 0 bridgehead atoms. The van der Waals surface area contributed by atoms with Crippen LogP contribution in [-0.4, -0.2) is 0 Å². The quantitative estimate of drug-likeness (QED) is 0.880. The molecule has 0 spiro atoms. The normalized spacial score (nSPS) is 12.4. The second kappa shape index (κ2) is 6.12. The summed E-state index contributed by atoms with van der Waals surface area (Å²) in [5.74, 6) is -0.196. The fourth-order valence-corrected chi connectivity index (χ4v) is 2.18. The lowest BCUT2D eigenvalue weighted by atomic mass is 10.1. The first-order valence-corrected chi connectivity index (χ1v) is 6.68. The van der Waals surface area contributed by atoms with Crippen LogP contribution in [0.15, 0.2) is 53.0 Å². The topological polar surface area (TPSA) is 12.0 Å². The van der Waals surface area contributed by atoms with E-state index < -0.39 is 0 Å². The summed E-state index contributed by atoms with van der Waals surface area (Å²) in [7, 11) is 0. The van der Waals surface area contributed by atoms with Gasteiger partial charge in [0.1, 0.15) is 5.82 Å². The SMILES string of the molecule is C[C@@H](NCc1ccc(F)cc1)c1cccc(Br)c1. The number of hydrogen-bond donors (Lipinski definition) is 1. The smallest absolute Gasteiger partial charge is 0.123 e. The third-order valence-corrected chi connectivity index (χ3v) is 3.37. The van der Waals surface area contributed by atoms with E-state index in [-0.39, 0.29) is 11.9 Å². The number of benzene rings is 2. The molecular weight excluding hydrogens is 293 g/mol. The Bertz CT molecular complexity index is 510. The zero-order valence-corrected chi connectivity index (χ0v) is 11.7. The number of halogens is 2. The first-order valence-electron chi connectivity index (χ1n) is 5.88. The standard InChI is InChI=1S/C15H15BrFN/c1-11(13-3-2-4-14(16)9-13)18-10-12-5-7-15(17)8-6-12/h2-9,11,18H,10H2,1H3/t11-/m1/s1. The van der Waals surface area contributed by atoms with Gasteiger partial charge in [-0.05, 0) is 42.3 Å². The molecule has 0 aliphatic carbocycles. The molecule has 0 aromatic heterocycles. The van der Waals surface area contributed by atoms with Crippen molar-refractivity contribution in [2.75, 3.05) is 0 Å². The average Bonchev–Trinajstić information content (AvgIpc) is 2.38. The Hall–Kier alpha value is -1.19. The van der Waals surface area contributed by atoms with E-state index in [1.165, 1.54) is 17.7 Å². The molecule has 0 saturated carbocycles. The molecule has 0 aliphatic heterocycles. The maximum atomic E-state index is 12.8. The van der Waals surface area contributed by atoms with Crippen molar-refractivity contribution in [1.29, 1.82) is 0 Å². The van der Waals surface area contributed by atoms with Gasteiger partial charge in [-0.3, -0.25) is 0 Å². The summed E-state index contributed by atoms with van der Waals surface area (Å²) in [6.45, 7) is 2.85. The van der Waals surface area contributed by atoms with Crippen LogP contribution in [0.2, 0.25) is 0 Å². The minimum Gasteiger partial charge on any atom is -0.306 e. The Balaban J connectivity index is 1.96. The molecule has 2 aromatic carbocycles. The van der Waals surface area contributed by atoms with Crippen molar-refractivity contribution >= 4 is 15.9 Å². The summed E-state index contributed by atoms with van der Waals surface area (Å²) in [6, 6.07) is 15.1. The number of rotatable bonds is 4. The predicted molar refractivity (Wildman–Crippen MR) is 75.8 cm³/mol. The van der Waals surface area contributed by atoms with Crippen molar-refractivity contribution in [1.82, 2.24) is 5.32 Å². The van der Waals surface area contributed by atoms with Crippen LogP contribution in [0.3, 0.4) is 0 Å².